The third kappa shape index (κ3) is 3.56. The maximum atomic E-state index is 14.7. The van der Waals surface area contributed by atoms with Crippen LogP contribution in [0.3, 0.4) is 0 Å². The SMILES string of the molecule is O=C(NCCc1cccs1)O[C@]1(F)CCN(c2ccccc2)C1=O. The summed E-state index contributed by atoms with van der Waals surface area (Å²) in [5.41, 5.74) is 0.587. The van der Waals surface area contributed by atoms with Gasteiger partial charge in [0.05, 0.1) is 0 Å². The van der Waals surface area contributed by atoms with E-state index in [4.69, 9.17) is 4.74 Å². The van der Waals surface area contributed by atoms with Crippen LogP contribution in [0.4, 0.5) is 14.9 Å². The van der Waals surface area contributed by atoms with E-state index in [2.05, 4.69) is 5.32 Å². The molecule has 0 unspecified atom stereocenters. The van der Waals surface area contributed by atoms with Gasteiger partial charge in [0, 0.05) is 30.1 Å². The van der Waals surface area contributed by atoms with Crippen LogP contribution in [0.25, 0.3) is 0 Å². The normalized spacial score (nSPS) is 20.2. The maximum Gasteiger partial charge on any atom is 0.410 e. The molecule has 1 atom stereocenters. The molecule has 1 aromatic heterocycles. The summed E-state index contributed by atoms with van der Waals surface area (Å²) in [5.74, 6) is -3.45. The Morgan fingerprint density at radius 3 is 2.79 bits per heavy atom. The number of anilines is 1. The number of amides is 2. The zero-order valence-corrected chi connectivity index (χ0v) is 13.7. The van der Waals surface area contributed by atoms with E-state index >= 15 is 0 Å². The zero-order valence-electron chi connectivity index (χ0n) is 12.9. The first-order chi connectivity index (χ1) is 11.6. The van der Waals surface area contributed by atoms with Crippen LogP contribution in [0.2, 0.25) is 0 Å². The second-order valence-corrected chi connectivity index (χ2v) is 6.45. The molecule has 24 heavy (non-hydrogen) atoms. The highest BCUT2D eigenvalue weighted by atomic mass is 32.1. The third-order valence-corrected chi connectivity index (χ3v) is 4.70. The molecule has 1 saturated heterocycles. The number of thiophene rings is 1. The van der Waals surface area contributed by atoms with Crippen molar-refractivity contribution in [2.24, 2.45) is 0 Å². The van der Waals surface area contributed by atoms with Crippen molar-refractivity contribution in [3.63, 3.8) is 0 Å². The molecule has 0 aliphatic carbocycles. The highest BCUT2D eigenvalue weighted by molar-refractivity contribution is 7.09. The smallest absolute Gasteiger partial charge is 0.402 e. The first kappa shape index (κ1) is 16.4. The number of halogens is 1. The Bertz CT molecular complexity index is 708. The Morgan fingerprint density at radius 2 is 2.08 bits per heavy atom. The number of nitrogens with one attached hydrogen (secondary N) is 1. The number of rotatable bonds is 5. The van der Waals surface area contributed by atoms with Gasteiger partial charge in [0.1, 0.15) is 0 Å². The molecule has 0 spiro atoms. The number of alkyl carbamates (subject to hydrolysis) is 1. The van der Waals surface area contributed by atoms with E-state index in [0.717, 1.165) is 4.88 Å². The highest BCUT2D eigenvalue weighted by Gasteiger charge is 2.51. The molecule has 0 radical (unpaired) electrons. The van der Waals surface area contributed by atoms with Crippen LogP contribution in [0.5, 0.6) is 0 Å². The Labute approximate surface area is 143 Å². The van der Waals surface area contributed by atoms with Crippen molar-refractivity contribution in [1.29, 1.82) is 0 Å². The summed E-state index contributed by atoms with van der Waals surface area (Å²) in [6.45, 7) is 0.494. The largest absolute Gasteiger partial charge is 0.410 e. The fourth-order valence-corrected chi connectivity index (χ4v) is 3.25. The van der Waals surface area contributed by atoms with Crippen molar-refractivity contribution in [3.8, 4) is 0 Å². The predicted molar refractivity (Wildman–Crippen MR) is 89.8 cm³/mol. The van der Waals surface area contributed by atoms with Gasteiger partial charge in [-0.05, 0) is 30.0 Å². The summed E-state index contributed by atoms with van der Waals surface area (Å²) >= 11 is 1.58. The molecular weight excluding hydrogens is 331 g/mol. The van der Waals surface area contributed by atoms with Gasteiger partial charge < -0.3 is 15.0 Å². The molecule has 3 rings (SSSR count). The molecule has 126 valence electrons. The van der Waals surface area contributed by atoms with Crippen molar-refractivity contribution in [2.45, 2.75) is 18.7 Å². The third-order valence-electron chi connectivity index (χ3n) is 3.76. The number of benzene rings is 1. The molecular formula is C17H17FN2O3S. The standard InChI is InChI=1S/C17H17FN2O3S/c18-17(23-16(22)19-10-8-14-7-4-12-24-14)9-11-20(15(17)21)13-5-2-1-3-6-13/h1-7,12H,8-11H2,(H,19,22)/t17-/m1/s1. The number of alkyl halides is 1. The summed E-state index contributed by atoms with van der Waals surface area (Å²) in [4.78, 5) is 26.5. The second kappa shape index (κ2) is 7.00. The molecule has 1 aliphatic rings. The van der Waals surface area contributed by atoms with Gasteiger partial charge in [0.15, 0.2) is 0 Å². The predicted octanol–water partition coefficient (Wildman–Crippen LogP) is 3.12. The fourth-order valence-electron chi connectivity index (χ4n) is 2.54. The summed E-state index contributed by atoms with van der Waals surface area (Å²) in [5, 5.41) is 4.43. The fraction of sp³-hybridized carbons (Fsp3) is 0.294. The van der Waals surface area contributed by atoms with E-state index in [1.807, 2.05) is 23.6 Å². The van der Waals surface area contributed by atoms with Gasteiger partial charge in [0.25, 0.3) is 0 Å². The number of hydrogen-bond acceptors (Lipinski definition) is 4. The number of carbonyl (C=O) groups excluding carboxylic acids is 2. The van der Waals surface area contributed by atoms with Crippen molar-refractivity contribution in [2.75, 3.05) is 18.0 Å². The Hall–Kier alpha value is -2.41. The molecule has 1 N–H and O–H groups in total. The van der Waals surface area contributed by atoms with E-state index in [-0.39, 0.29) is 13.0 Å². The van der Waals surface area contributed by atoms with Crippen molar-refractivity contribution >= 4 is 29.0 Å². The van der Waals surface area contributed by atoms with E-state index in [1.54, 1.807) is 35.6 Å². The molecule has 1 aliphatic heterocycles. The second-order valence-electron chi connectivity index (χ2n) is 5.42. The lowest BCUT2D eigenvalue weighted by Crippen LogP contribution is -2.43. The van der Waals surface area contributed by atoms with Crippen LogP contribution < -0.4 is 10.2 Å². The molecule has 2 aromatic rings. The van der Waals surface area contributed by atoms with Gasteiger partial charge in [-0.3, -0.25) is 4.79 Å². The Kier molecular flexibility index (Phi) is 4.80. The first-order valence-corrected chi connectivity index (χ1v) is 8.52. The number of nitrogens with zero attached hydrogens (tertiary/aromatic N) is 1. The van der Waals surface area contributed by atoms with Crippen LogP contribution in [0.15, 0.2) is 47.8 Å². The van der Waals surface area contributed by atoms with Crippen LogP contribution >= 0.6 is 11.3 Å². The number of para-hydroxylation sites is 1. The lowest BCUT2D eigenvalue weighted by atomic mass is 10.2. The number of carbonyl (C=O) groups is 2. The van der Waals surface area contributed by atoms with Crippen molar-refractivity contribution in [3.05, 3.63) is 52.7 Å². The molecule has 0 bridgehead atoms. The van der Waals surface area contributed by atoms with Gasteiger partial charge >= 0.3 is 17.9 Å². The molecule has 7 heteroatoms. The average molecular weight is 348 g/mol. The minimum Gasteiger partial charge on any atom is -0.402 e. The van der Waals surface area contributed by atoms with Gasteiger partial charge in [0.2, 0.25) is 0 Å². The monoisotopic (exact) mass is 348 g/mol. The lowest BCUT2D eigenvalue weighted by molar-refractivity contribution is -0.152. The van der Waals surface area contributed by atoms with E-state index in [1.165, 1.54) is 4.90 Å². The van der Waals surface area contributed by atoms with Crippen LogP contribution in [0, 0.1) is 0 Å². The minimum absolute atomic E-state index is 0.168. The summed E-state index contributed by atoms with van der Waals surface area (Å²) in [7, 11) is 0. The van der Waals surface area contributed by atoms with Gasteiger partial charge in [-0.1, -0.05) is 24.3 Å². The van der Waals surface area contributed by atoms with Gasteiger partial charge in [-0.15, -0.1) is 11.3 Å². The molecule has 0 saturated carbocycles. The van der Waals surface area contributed by atoms with Crippen molar-refractivity contribution in [1.82, 2.24) is 5.32 Å². The molecule has 5 nitrogen and oxygen atoms in total. The Morgan fingerprint density at radius 1 is 1.29 bits per heavy atom. The lowest BCUT2D eigenvalue weighted by Gasteiger charge is -2.20. The van der Waals surface area contributed by atoms with Gasteiger partial charge in [-0.25, -0.2) is 4.79 Å². The highest BCUT2D eigenvalue weighted by Crippen LogP contribution is 2.32. The summed E-state index contributed by atoms with van der Waals surface area (Å²) in [6.07, 6.45) is -0.466. The molecule has 2 amide bonds. The quantitative estimate of drug-likeness (QED) is 0.903. The van der Waals surface area contributed by atoms with Crippen LogP contribution in [-0.4, -0.2) is 30.9 Å². The molecule has 2 heterocycles. The topological polar surface area (TPSA) is 58.6 Å². The van der Waals surface area contributed by atoms with Gasteiger partial charge in [-0.2, -0.15) is 4.39 Å². The van der Waals surface area contributed by atoms with E-state index in [0.29, 0.717) is 18.7 Å². The zero-order chi connectivity index (χ0) is 17.0. The molecule has 1 aromatic carbocycles. The number of hydrogen-bond donors (Lipinski definition) is 1. The summed E-state index contributed by atoms with van der Waals surface area (Å²) in [6, 6.07) is 12.6. The Balaban J connectivity index is 1.54. The average Bonchev–Trinajstić information content (AvgIpc) is 3.18. The first-order valence-electron chi connectivity index (χ1n) is 7.64. The van der Waals surface area contributed by atoms with E-state index < -0.39 is 17.9 Å². The maximum absolute atomic E-state index is 14.7. The minimum atomic E-state index is -2.61. The summed E-state index contributed by atoms with van der Waals surface area (Å²) < 4.78 is 19.5. The number of ether oxygens (including phenoxy) is 1. The van der Waals surface area contributed by atoms with Crippen molar-refractivity contribution < 1.29 is 18.7 Å². The van der Waals surface area contributed by atoms with Crippen LogP contribution in [0.1, 0.15) is 11.3 Å². The van der Waals surface area contributed by atoms with E-state index in [9.17, 15) is 14.0 Å². The van der Waals surface area contributed by atoms with Crippen LogP contribution in [-0.2, 0) is 16.0 Å². The molecule has 1 fully saturated rings.